The number of nitrogens with zero attached hydrogens (tertiary/aromatic N) is 1. The number of carbonyl (C=O) groups excluding carboxylic acids is 1. The second-order valence-electron chi connectivity index (χ2n) is 3.83. The number of aromatic nitrogens is 2. The van der Waals surface area contributed by atoms with Crippen molar-refractivity contribution in [3.63, 3.8) is 0 Å². The average Bonchev–Trinajstić information content (AvgIpc) is 3.01. The van der Waals surface area contributed by atoms with Crippen LogP contribution in [0.5, 0.6) is 0 Å². The van der Waals surface area contributed by atoms with Gasteiger partial charge in [0.05, 0.1) is 19.7 Å². The zero-order valence-electron chi connectivity index (χ0n) is 10.1. The Kier molecular flexibility index (Phi) is 4.49. The first kappa shape index (κ1) is 12.8. The summed E-state index contributed by atoms with van der Waals surface area (Å²) in [5.74, 6) is -0.199. The van der Waals surface area contributed by atoms with E-state index in [1.165, 1.54) is 12.0 Å². The number of esters is 1. The van der Waals surface area contributed by atoms with Crippen LogP contribution in [0, 0.1) is 0 Å². The number of hydrogen-bond donors (Lipinski definition) is 2. The van der Waals surface area contributed by atoms with Crippen LogP contribution in [0.1, 0.15) is 15.3 Å². The third kappa shape index (κ3) is 3.68. The van der Waals surface area contributed by atoms with Gasteiger partial charge in [-0.1, -0.05) is 0 Å². The Bertz CT molecular complexity index is 493. The van der Waals surface area contributed by atoms with Crippen LogP contribution in [0.2, 0.25) is 0 Å². The van der Waals surface area contributed by atoms with E-state index in [-0.39, 0.29) is 5.97 Å². The summed E-state index contributed by atoms with van der Waals surface area (Å²) < 4.78 is 4.64. The summed E-state index contributed by atoms with van der Waals surface area (Å²) in [6, 6.07) is 4.00. The van der Waals surface area contributed by atoms with E-state index in [0.717, 1.165) is 23.5 Å². The SMILES string of the molecule is COC(=O)Cc1ccc(CNCc2cn[nH]c2)s1. The molecule has 2 N–H and O–H groups in total. The fourth-order valence-corrected chi connectivity index (χ4v) is 2.50. The van der Waals surface area contributed by atoms with E-state index in [1.807, 2.05) is 18.3 Å². The molecule has 2 rings (SSSR count). The van der Waals surface area contributed by atoms with Gasteiger partial charge in [-0.15, -0.1) is 11.3 Å². The van der Waals surface area contributed by atoms with Crippen molar-refractivity contribution in [2.45, 2.75) is 19.5 Å². The highest BCUT2D eigenvalue weighted by molar-refractivity contribution is 7.12. The van der Waals surface area contributed by atoms with Crippen molar-refractivity contribution in [3.8, 4) is 0 Å². The van der Waals surface area contributed by atoms with Crippen LogP contribution in [0.3, 0.4) is 0 Å². The van der Waals surface area contributed by atoms with Crippen LogP contribution in [0.25, 0.3) is 0 Å². The van der Waals surface area contributed by atoms with E-state index in [0.29, 0.717) is 6.42 Å². The maximum Gasteiger partial charge on any atom is 0.310 e. The molecule has 0 aromatic carbocycles. The maximum atomic E-state index is 11.1. The molecular weight excluding hydrogens is 250 g/mol. The van der Waals surface area contributed by atoms with Gasteiger partial charge in [-0.05, 0) is 12.1 Å². The molecule has 0 bridgehead atoms. The van der Waals surface area contributed by atoms with Crippen molar-refractivity contribution in [1.29, 1.82) is 0 Å². The van der Waals surface area contributed by atoms with Crippen molar-refractivity contribution in [1.82, 2.24) is 15.5 Å². The third-order valence-electron chi connectivity index (χ3n) is 2.45. The number of hydrogen-bond acceptors (Lipinski definition) is 5. The van der Waals surface area contributed by atoms with Crippen LogP contribution >= 0.6 is 11.3 Å². The quantitative estimate of drug-likeness (QED) is 0.776. The molecule has 0 aliphatic carbocycles. The number of thiophene rings is 1. The summed E-state index contributed by atoms with van der Waals surface area (Å²) >= 11 is 1.63. The number of H-pyrrole nitrogens is 1. The molecule has 18 heavy (non-hydrogen) atoms. The van der Waals surface area contributed by atoms with E-state index < -0.39 is 0 Å². The predicted octanol–water partition coefficient (Wildman–Crippen LogP) is 1.48. The largest absolute Gasteiger partial charge is 0.469 e. The fourth-order valence-electron chi connectivity index (χ4n) is 1.53. The zero-order valence-corrected chi connectivity index (χ0v) is 10.9. The van der Waals surface area contributed by atoms with Crippen molar-refractivity contribution in [3.05, 3.63) is 39.8 Å². The number of ether oxygens (including phenoxy) is 1. The van der Waals surface area contributed by atoms with Gasteiger partial charge in [-0.3, -0.25) is 9.89 Å². The zero-order chi connectivity index (χ0) is 12.8. The minimum Gasteiger partial charge on any atom is -0.469 e. The Morgan fingerprint density at radius 3 is 3.00 bits per heavy atom. The Hall–Kier alpha value is -1.66. The van der Waals surface area contributed by atoms with E-state index in [9.17, 15) is 4.79 Å². The highest BCUT2D eigenvalue weighted by Gasteiger charge is 2.06. The standard InChI is InChI=1S/C12H15N3O2S/c1-17-12(16)4-10-2-3-11(18-10)8-13-5-9-6-14-15-7-9/h2-3,6-7,13H,4-5,8H2,1H3,(H,14,15). The summed E-state index contributed by atoms with van der Waals surface area (Å²) in [5, 5.41) is 9.97. The molecule has 0 amide bonds. The molecule has 0 saturated heterocycles. The molecule has 0 saturated carbocycles. The van der Waals surface area contributed by atoms with Crippen molar-refractivity contribution in [2.75, 3.05) is 7.11 Å². The lowest BCUT2D eigenvalue weighted by atomic mass is 10.3. The van der Waals surface area contributed by atoms with Crippen LogP contribution < -0.4 is 5.32 Å². The lowest BCUT2D eigenvalue weighted by Gasteiger charge is -2.00. The molecule has 0 aliphatic heterocycles. The van der Waals surface area contributed by atoms with Gasteiger partial charge in [0.15, 0.2) is 0 Å². The highest BCUT2D eigenvalue weighted by Crippen LogP contribution is 2.17. The molecule has 2 aromatic rings. The van der Waals surface area contributed by atoms with Crippen LogP contribution in [-0.4, -0.2) is 23.3 Å². The van der Waals surface area contributed by atoms with Gasteiger partial charge in [-0.2, -0.15) is 5.10 Å². The van der Waals surface area contributed by atoms with E-state index in [4.69, 9.17) is 0 Å². The van der Waals surface area contributed by atoms with E-state index in [1.54, 1.807) is 17.5 Å². The van der Waals surface area contributed by atoms with Gasteiger partial charge < -0.3 is 10.1 Å². The Morgan fingerprint density at radius 2 is 2.28 bits per heavy atom. The number of methoxy groups -OCH3 is 1. The monoisotopic (exact) mass is 265 g/mol. The second kappa shape index (κ2) is 6.32. The molecule has 6 heteroatoms. The third-order valence-corrected chi connectivity index (χ3v) is 3.53. The molecule has 5 nitrogen and oxygen atoms in total. The average molecular weight is 265 g/mol. The molecule has 0 atom stereocenters. The van der Waals surface area contributed by atoms with Crippen LogP contribution in [-0.2, 0) is 29.0 Å². The first-order valence-electron chi connectivity index (χ1n) is 5.60. The van der Waals surface area contributed by atoms with Gasteiger partial charge in [0.1, 0.15) is 0 Å². The Balaban J connectivity index is 1.78. The van der Waals surface area contributed by atoms with Crippen molar-refractivity contribution in [2.24, 2.45) is 0 Å². The number of carbonyl (C=O) groups is 1. The molecule has 0 spiro atoms. The van der Waals surface area contributed by atoms with E-state index in [2.05, 4.69) is 20.3 Å². The highest BCUT2D eigenvalue weighted by atomic mass is 32.1. The maximum absolute atomic E-state index is 11.1. The smallest absolute Gasteiger partial charge is 0.310 e. The van der Waals surface area contributed by atoms with Gasteiger partial charge in [0.2, 0.25) is 0 Å². The van der Waals surface area contributed by atoms with Gasteiger partial charge in [0.25, 0.3) is 0 Å². The lowest BCUT2D eigenvalue weighted by Crippen LogP contribution is -2.11. The summed E-state index contributed by atoms with van der Waals surface area (Å²) in [7, 11) is 1.41. The summed E-state index contributed by atoms with van der Waals surface area (Å²) in [6.45, 7) is 1.57. The molecular formula is C12H15N3O2S. The van der Waals surface area contributed by atoms with Crippen molar-refractivity contribution >= 4 is 17.3 Å². The molecule has 96 valence electrons. The van der Waals surface area contributed by atoms with Crippen LogP contribution in [0.15, 0.2) is 24.5 Å². The normalized spacial score (nSPS) is 10.5. The number of rotatable bonds is 6. The summed E-state index contributed by atoms with van der Waals surface area (Å²) in [6.07, 6.45) is 4.01. The van der Waals surface area contributed by atoms with Crippen LogP contribution in [0.4, 0.5) is 0 Å². The first-order valence-corrected chi connectivity index (χ1v) is 6.42. The summed E-state index contributed by atoms with van der Waals surface area (Å²) in [4.78, 5) is 13.4. The van der Waals surface area contributed by atoms with Gasteiger partial charge >= 0.3 is 5.97 Å². The Morgan fingerprint density at radius 1 is 1.44 bits per heavy atom. The van der Waals surface area contributed by atoms with E-state index >= 15 is 0 Å². The minimum atomic E-state index is -0.199. The molecule has 0 aliphatic rings. The fraction of sp³-hybridized carbons (Fsp3) is 0.333. The van der Waals surface area contributed by atoms with Crippen molar-refractivity contribution < 1.29 is 9.53 Å². The predicted molar refractivity (Wildman–Crippen MR) is 69.2 cm³/mol. The first-order chi connectivity index (χ1) is 8.78. The summed E-state index contributed by atoms with van der Waals surface area (Å²) in [5.41, 5.74) is 1.13. The number of aromatic amines is 1. The molecule has 0 radical (unpaired) electrons. The minimum absolute atomic E-state index is 0.199. The Labute approximate surface area is 109 Å². The molecule has 2 aromatic heterocycles. The lowest BCUT2D eigenvalue weighted by molar-refractivity contribution is -0.139. The number of nitrogens with one attached hydrogen (secondary N) is 2. The molecule has 2 heterocycles. The van der Waals surface area contributed by atoms with Gasteiger partial charge in [-0.25, -0.2) is 0 Å². The topological polar surface area (TPSA) is 67.0 Å². The molecule has 0 fully saturated rings. The van der Waals surface area contributed by atoms with Gasteiger partial charge in [0, 0.05) is 34.6 Å². The molecule has 0 unspecified atom stereocenters. The second-order valence-corrected chi connectivity index (χ2v) is 5.08.